The molecule has 0 bridgehead atoms. The van der Waals surface area contributed by atoms with Gasteiger partial charge in [-0.25, -0.2) is 9.37 Å². The number of rotatable bonds is 9. The van der Waals surface area contributed by atoms with Gasteiger partial charge in [0.1, 0.15) is 46.1 Å². The van der Waals surface area contributed by atoms with Crippen LogP contribution in [0.25, 0.3) is 22.2 Å². The summed E-state index contributed by atoms with van der Waals surface area (Å²) in [4.78, 5) is 39.2. The topological polar surface area (TPSA) is 138 Å². The lowest BCUT2D eigenvalue weighted by Crippen LogP contribution is -2.40. The third-order valence-corrected chi connectivity index (χ3v) is 7.99. The number of benzene rings is 2. The number of carbonyl (C=O) groups is 2. The van der Waals surface area contributed by atoms with Crippen LogP contribution >= 0.6 is 0 Å². The van der Waals surface area contributed by atoms with Crippen LogP contribution in [-0.4, -0.2) is 38.4 Å². The molecule has 44 heavy (non-hydrogen) atoms. The van der Waals surface area contributed by atoms with Crippen molar-refractivity contribution in [2.24, 2.45) is 5.73 Å². The molecule has 0 aliphatic carbocycles. The van der Waals surface area contributed by atoms with Gasteiger partial charge < -0.3 is 20.3 Å². The second-order valence-corrected chi connectivity index (χ2v) is 11.3. The van der Waals surface area contributed by atoms with Gasteiger partial charge in [-0.05, 0) is 80.9 Å². The molecule has 1 aliphatic rings. The Bertz CT molecular complexity index is 1900. The number of ketones is 1. The van der Waals surface area contributed by atoms with Crippen molar-refractivity contribution in [3.05, 3.63) is 108 Å². The Labute approximate surface area is 252 Å². The van der Waals surface area contributed by atoms with E-state index in [1.54, 1.807) is 81.0 Å². The maximum atomic E-state index is 13.7. The molecule has 4 heterocycles. The second kappa shape index (κ2) is 11.1. The number of aromatic nitrogens is 3. The summed E-state index contributed by atoms with van der Waals surface area (Å²) < 4.78 is 25.7. The number of ether oxygens (including phenoxy) is 2. The third kappa shape index (κ3) is 5.35. The molecular formula is C34H29FN4O5. The first-order valence-corrected chi connectivity index (χ1v) is 14.0. The Morgan fingerprint density at radius 2 is 1.84 bits per heavy atom. The molecule has 9 nitrogen and oxygen atoms in total. The fourth-order valence-electron chi connectivity index (χ4n) is 5.23. The summed E-state index contributed by atoms with van der Waals surface area (Å²) in [5.41, 5.74) is 5.59. The number of hydrogen-bond acceptors (Lipinski definition) is 8. The number of fused-ring (bicyclic) bond motifs is 2. The molecule has 0 unspecified atom stereocenters. The highest BCUT2D eigenvalue weighted by Crippen LogP contribution is 2.46. The highest BCUT2D eigenvalue weighted by Gasteiger charge is 2.45. The number of carbonyl (C=O) groups excluding carboxylic acids is 2. The molecule has 0 saturated carbocycles. The van der Waals surface area contributed by atoms with Crippen molar-refractivity contribution in [1.29, 1.82) is 0 Å². The summed E-state index contributed by atoms with van der Waals surface area (Å²) in [7, 11) is 0. The molecule has 6 rings (SSSR count). The molecule has 222 valence electrons. The molecule has 0 fully saturated rings. The van der Waals surface area contributed by atoms with E-state index >= 15 is 0 Å². The first kappa shape index (κ1) is 28.9. The Morgan fingerprint density at radius 1 is 1.09 bits per heavy atom. The van der Waals surface area contributed by atoms with Crippen LogP contribution < -0.4 is 15.2 Å². The van der Waals surface area contributed by atoms with Gasteiger partial charge in [0.25, 0.3) is 0 Å². The molecule has 3 aromatic heterocycles. The number of pyridine rings is 3. The summed E-state index contributed by atoms with van der Waals surface area (Å²) in [5, 5.41) is 12.4. The predicted octanol–water partition coefficient (Wildman–Crippen LogP) is 5.63. The molecule has 2 aromatic carbocycles. The third-order valence-electron chi connectivity index (χ3n) is 7.99. The van der Waals surface area contributed by atoms with E-state index in [9.17, 15) is 19.1 Å². The number of primary amides is 1. The van der Waals surface area contributed by atoms with Gasteiger partial charge in [0.05, 0.1) is 5.69 Å². The highest BCUT2D eigenvalue weighted by atomic mass is 19.1. The number of nitrogens with zero attached hydrogens (tertiary/aromatic N) is 3. The molecular weight excluding hydrogens is 563 g/mol. The number of amides is 1. The van der Waals surface area contributed by atoms with Crippen LogP contribution in [0.1, 0.15) is 48.3 Å². The van der Waals surface area contributed by atoms with Crippen LogP contribution in [0.3, 0.4) is 0 Å². The van der Waals surface area contributed by atoms with Gasteiger partial charge in [-0.15, -0.1) is 0 Å². The normalized spacial score (nSPS) is 17.0. The largest absolute Gasteiger partial charge is 0.489 e. The van der Waals surface area contributed by atoms with Crippen molar-refractivity contribution in [3.8, 4) is 28.5 Å². The van der Waals surface area contributed by atoms with E-state index in [4.69, 9.17) is 20.2 Å². The van der Waals surface area contributed by atoms with Gasteiger partial charge in [-0.3, -0.25) is 19.6 Å². The Kier molecular flexibility index (Phi) is 7.30. The van der Waals surface area contributed by atoms with E-state index in [-0.39, 0.29) is 30.9 Å². The first-order valence-electron chi connectivity index (χ1n) is 14.0. The van der Waals surface area contributed by atoms with Gasteiger partial charge in [0.2, 0.25) is 5.91 Å². The van der Waals surface area contributed by atoms with Crippen molar-refractivity contribution in [2.75, 3.05) is 6.61 Å². The van der Waals surface area contributed by atoms with Crippen molar-refractivity contribution in [2.45, 2.75) is 37.7 Å². The summed E-state index contributed by atoms with van der Waals surface area (Å²) in [6, 6.07) is 17.7. The SMILES string of the molecule is C[C@](O)(CCC(=O)c1cc(Oc2ccncc2)c2ncccc2c1)c1cc2c(c(-c3ccc(F)cc3)n1)OC[C@]2(C)C(N)=O. The number of hydrogen-bond donors (Lipinski definition) is 2. The lowest BCUT2D eigenvalue weighted by atomic mass is 9.81. The van der Waals surface area contributed by atoms with Crippen LogP contribution in [0.4, 0.5) is 4.39 Å². The highest BCUT2D eigenvalue weighted by molar-refractivity contribution is 6.01. The summed E-state index contributed by atoms with van der Waals surface area (Å²) in [5.74, 6) is 0.0731. The number of aliphatic hydroxyl groups is 1. The molecule has 0 radical (unpaired) electrons. The van der Waals surface area contributed by atoms with Crippen molar-refractivity contribution < 1.29 is 28.6 Å². The minimum Gasteiger partial charge on any atom is -0.489 e. The Morgan fingerprint density at radius 3 is 2.57 bits per heavy atom. The summed E-state index contributed by atoms with van der Waals surface area (Å²) in [6.45, 7) is 3.22. The van der Waals surface area contributed by atoms with Gasteiger partial charge in [-0.1, -0.05) is 6.07 Å². The number of Topliss-reactive ketones (excluding diaryl/α,β-unsaturated/α-hetero) is 1. The van der Waals surface area contributed by atoms with Crippen LogP contribution in [0.2, 0.25) is 0 Å². The molecule has 1 amide bonds. The van der Waals surface area contributed by atoms with Crippen molar-refractivity contribution in [1.82, 2.24) is 15.0 Å². The van der Waals surface area contributed by atoms with Crippen LogP contribution in [0, 0.1) is 5.82 Å². The molecule has 0 saturated heterocycles. The van der Waals surface area contributed by atoms with Gasteiger partial charge in [0.15, 0.2) is 11.5 Å². The molecule has 3 N–H and O–H groups in total. The molecule has 10 heteroatoms. The predicted molar refractivity (Wildman–Crippen MR) is 161 cm³/mol. The van der Waals surface area contributed by atoms with Crippen molar-refractivity contribution in [3.63, 3.8) is 0 Å². The minimum atomic E-state index is -1.59. The maximum Gasteiger partial charge on any atom is 0.231 e. The zero-order chi connectivity index (χ0) is 31.1. The quantitative estimate of drug-likeness (QED) is 0.210. The second-order valence-electron chi connectivity index (χ2n) is 11.3. The van der Waals surface area contributed by atoms with Crippen LogP contribution in [0.15, 0.2) is 85.3 Å². The monoisotopic (exact) mass is 592 g/mol. The van der Waals surface area contributed by atoms with Crippen molar-refractivity contribution >= 4 is 22.6 Å². The number of nitrogens with two attached hydrogens (primary N) is 1. The standard InChI is InChI=1S/C34H29FN4O5/c1-33(32(36)41)19-43-31-25(33)18-28(39-30(31)20-5-7-23(35)8-6-20)34(2,42)12-9-26(40)22-16-21-4-3-13-38-29(21)27(17-22)44-24-10-14-37-15-11-24/h3-8,10-11,13-18,42H,9,12,19H2,1-2H3,(H2,36,41)/t33-,34-/m0/s1. The van der Waals surface area contributed by atoms with E-state index in [1.807, 2.05) is 6.07 Å². The molecule has 0 spiro atoms. The molecule has 2 atom stereocenters. The Balaban J connectivity index is 1.32. The van der Waals surface area contributed by atoms with E-state index in [0.29, 0.717) is 45.1 Å². The van der Waals surface area contributed by atoms with Crippen LogP contribution in [-0.2, 0) is 15.8 Å². The fraction of sp³-hybridized carbons (Fsp3) is 0.206. The molecule has 1 aliphatic heterocycles. The zero-order valence-electron chi connectivity index (χ0n) is 24.1. The fourth-order valence-corrected chi connectivity index (χ4v) is 5.23. The smallest absolute Gasteiger partial charge is 0.231 e. The Hall–Kier alpha value is -5.22. The average Bonchev–Trinajstić information content (AvgIpc) is 3.38. The zero-order valence-corrected chi connectivity index (χ0v) is 24.1. The van der Waals surface area contributed by atoms with Gasteiger partial charge in [-0.2, -0.15) is 0 Å². The van der Waals surface area contributed by atoms with E-state index in [1.165, 1.54) is 12.1 Å². The molecule has 5 aromatic rings. The van der Waals surface area contributed by atoms with E-state index in [0.717, 1.165) is 5.39 Å². The van der Waals surface area contributed by atoms with E-state index in [2.05, 4.69) is 9.97 Å². The van der Waals surface area contributed by atoms with E-state index < -0.39 is 22.7 Å². The minimum absolute atomic E-state index is 0.00164. The summed E-state index contributed by atoms with van der Waals surface area (Å²) >= 11 is 0. The van der Waals surface area contributed by atoms with Crippen LogP contribution in [0.5, 0.6) is 17.2 Å². The lowest BCUT2D eigenvalue weighted by molar-refractivity contribution is -0.123. The lowest BCUT2D eigenvalue weighted by Gasteiger charge is -2.26. The van der Waals surface area contributed by atoms with Gasteiger partial charge >= 0.3 is 0 Å². The van der Waals surface area contributed by atoms with Gasteiger partial charge in [0, 0.05) is 47.1 Å². The number of halogens is 1. The first-order chi connectivity index (χ1) is 21.0. The average molecular weight is 593 g/mol. The maximum absolute atomic E-state index is 13.7. The summed E-state index contributed by atoms with van der Waals surface area (Å²) in [6.07, 6.45) is 4.85.